The summed E-state index contributed by atoms with van der Waals surface area (Å²) in [5.41, 5.74) is 1.03. The lowest BCUT2D eigenvalue weighted by atomic mass is 10.1. The highest BCUT2D eigenvalue weighted by Gasteiger charge is 2.30. The number of amides is 1. The molecule has 1 saturated heterocycles. The summed E-state index contributed by atoms with van der Waals surface area (Å²) in [4.78, 5) is 43.5. The molecule has 0 spiro atoms. The molecule has 1 amide bonds. The normalized spacial score (nSPS) is 15.5. The van der Waals surface area contributed by atoms with Gasteiger partial charge in [0.05, 0.1) is 16.1 Å². The third-order valence-corrected chi connectivity index (χ3v) is 7.20. The number of aromatic nitrogens is 4. The molecule has 4 aromatic rings. The van der Waals surface area contributed by atoms with Crippen molar-refractivity contribution < 1.29 is 9.18 Å². The van der Waals surface area contributed by atoms with Gasteiger partial charge in [-0.2, -0.15) is 4.98 Å². The zero-order chi connectivity index (χ0) is 27.7. The lowest BCUT2D eigenvalue weighted by molar-refractivity contribution is -0.126. The van der Waals surface area contributed by atoms with Crippen LogP contribution in [0.3, 0.4) is 0 Å². The number of pyridine rings is 2. The fourth-order valence-electron chi connectivity index (χ4n) is 5.06. The highest BCUT2D eigenvalue weighted by Crippen LogP contribution is 2.35. The Labute approximate surface area is 230 Å². The van der Waals surface area contributed by atoms with E-state index in [0.717, 1.165) is 12.0 Å². The van der Waals surface area contributed by atoms with Gasteiger partial charge in [0.25, 0.3) is 0 Å². The molecule has 10 heteroatoms. The minimum Gasteiger partial charge on any atom is -0.350 e. The van der Waals surface area contributed by atoms with Crippen molar-refractivity contribution in [2.45, 2.75) is 32.7 Å². The molecular weight excluding hydrogens is 519 g/mol. The van der Waals surface area contributed by atoms with Crippen LogP contribution in [-0.4, -0.2) is 56.0 Å². The minimum atomic E-state index is -0.556. The zero-order valence-electron chi connectivity index (χ0n) is 21.8. The molecule has 0 radical (unpaired) electrons. The van der Waals surface area contributed by atoms with Crippen LogP contribution in [0.2, 0.25) is 5.02 Å². The Balaban J connectivity index is 1.77. The molecule has 1 fully saturated rings. The zero-order valence-corrected chi connectivity index (χ0v) is 22.5. The number of anilines is 1. The fraction of sp³-hybridized carbons (Fsp3) is 0.276. The van der Waals surface area contributed by atoms with E-state index in [0.29, 0.717) is 43.1 Å². The number of halogens is 2. The summed E-state index contributed by atoms with van der Waals surface area (Å²) in [5.74, 6) is 0.215. The fourth-order valence-corrected chi connectivity index (χ4v) is 5.31. The van der Waals surface area contributed by atoms with Crippen molar-refractivity contribution >= 4 is 34.4 Å². The van der Waals surface area contributed by atoms with Gasteiger partial charge in [0.15, 0.2) is 5.65 Å². The van der Waals surface area contributed by atoms with Crippen molar-refractivity contribution in [3.8, 4) is 17.1 Å². The Bertz CT molecular complexity index is 1640. The summed E-state index contributed by atoms with van der Waals surface area (Å²) in [6.07, 6.45) is 4.46. The van der Waals surface area contributed by atoms with Gasteiger partial charge in [-0.05, 0) is 49.2 Å². The summed E-state index contributed by atoms with van der Waals surface area (Å²) in [6, 6.07) is 11.5. The van der Waals surface area contributed by atoms with Gasteiger partial charge in [0.1, 0.15) is 17.5 Å². The van der Waals surface area contributed by atoms with Crippen LogP contribution in [0.4, 0.5) is 10.2 Å². The summed E-state index contributed by atoms with van der Waals surface area (Å²) >= 11 is 6.72. The maximum absolute atomic E-state index is 14.8. The van der Waals surface area contributed by atoms with Crippen LogP contribution in [0.15, 0.2) is 66.1 Å². The average Bonchev–Trinajstić information content (AvgIpc) is 2.93. The van der Waals surface area contributed by atoms with Crippen LogP contribution in [0, 0.1) is 5.82 Å². The van der Waals surface area contributed by atoms with Crippen molar-refractivity contribution in [3.63, 3.8) is 0 Å². The second kappa shape index (κ2) is 10.9. The first kappa shape index (κ1) is 26.5. The smallest absolute Gasteiger partial charge is 0.350 e. The van der Waals surface area contributed by atoms with Crippen LogP contribution in [0.5, 0.6) is 0 Å². The second-order valence-electron chi connectivity index (χ2n) is 9.49. The van der Waals surface area contributed by atoms with E-state index in [-0.39, 0.29) is 33.9 Å². The molecule has 0 saturated carbocycles. The summed E-state index contributed by atoms with van der Waals surface area (Å²) in [7, 11) is 0. The molecule has 0 bridgehead atoms. The third kappa shape index (κ3) is 4.90. The van der Waals surface area contributed by atoms with Gasteiger partial charge in [0, 0.05) is 37.4 Å². The van der Waals surface area contributed by atoms with Crippen LogP contribution >= 0.6 is 11.6 Å². The van der Waals surface area contributed by atoms with Gasteiger partial charge in [-0.25, -0.2) is 23.7 Å². The van der Waals surface area contributed by atoms with Gasteiger partial charge in [-0.15, -0.1) is 0 Å². The number of benzene rings is 1. The molecule has 1 aliphatic rings. The van der Waals surface area contributed by atoms with E-state index in [1.165, 1.54) is 16.7 Å². The first-order valence-corrected chi connectivity index (χ1v) is 13.2. The number of rotatable bonds is 6. The predicted octanol–water partition coefficient (Wildman–Crippen LogP) is 4.81. The first-order valence-electron chi connectivity index (χ1n) is 12.8. The molecule has 1 aliphatic heterocycles. The summed E-state index contributed by atoms with van der Waals surface area (Å²) < 4.78 is 16.2. The maximum atomic E-state index is 14.8. The minimum absolute atomic E-state index is 0.146. The second-order valence-corrected chi connectivity index (χ2v) is 9.90. The van der Waals surface area contributed by atoms with E-state index in [2.05, 4.69) is 16.5 Å². The molecule has 0 N–H and O–H groups in total. The van der Waals surface area contributed by atoms with E-state index in [1.807, 2.05) is 30.9 Å². The lowest BCUT2D eigenvalue weighted by Gasteiger charge is -2.40. The van der Waals surface area contributed by atoms with E-state index in [4.69, 9.17) is 16.6 Å². The number of aryl methyl sites for hydroxylation is 1. The molecule has 200 valence electrons. The van der Waals surface area contributed by atoms with Crippen molar-refractivity contribution in [3.05, 3.63) is 88.2 Å². The Morgan fingerprint density at radius 2 is 1.97 bits per heavy atom. The molecule has 1 aromatic carbocycles. The molecule has 39 heavy (non-hydrogen) atoms. The quantitative estimate of drug-likeness (QED) is 0.323. The number of carbonyl (C=O) groups excluding carboxylic acids is 1. The number of nitrogens with zero attached hydrogens (tertiary/aromatic N) is 6. The molecule has 5 rings (SSSR count). The number of carbonyl (C=O) groups is 1. The molecule has 1 atom stereocenters. The van der Waals surface area contributed by atoms with Gasteiger partial charge in [-0.1, -0.05) is 49.7 Å². The van der Waals surface area contributed by atoms with Crippen molar-refractivity contribution in [1.29, 1.82) is 0 Å². The topological polar surface area (TPSA) is 84.2 Å². The number of hydrogen-bond acceptors (Lipinski definition) is 6. The average molecular weight is 547 g/mol. The summed E-state index contributed by atoms with van der Waals surface area (Å²) in [6.45, 7) is 8.92. The van der Waals surface area contributed by atoms with Crippen LogP contribution in [-0.2, 0) is 11.2 Å². The van der Waals surface area contributed by atoms with E-state index < -0.39 is 11.5 Å². The summed E-state index contributed by atoms with van der Waals surface area (Å²) in [5, 5.41) is 0.756. The Morgan fingerprint density at radius 1 is 1.18 bits per heavy atom. The lowest BCUT2D eigenvalue weighted by Crippen LogP contribution is -2.54. The number of piperazine rings is 1. The van der Waals surface area contributed by atoms with Crippen molar-refractivity contribution in [2.24, 2.45) is 0 Å². The largest absolute Gasteiger partial charge is 0.357 e. The monoisotopic (exact) mass is 546 g/mol. The standard InChI is InChI=1S/C29H28ClFN6O2/c1-4-9-19-10-8-13-32-26(19)37-28-21(16-22(30)25(33-28)20-11-6-7-12-23(20)31)27(34-29(37)39)36-15-14-35(17-18(36)3)24(38)5-2/h5-8,10-13,16,18H,2,4,9,14-15,17H2,1,3H3/t18-/m0/s1. The van der Waals surface area contributed by atoms with Crippen molar-refractivity contribution in [1.82, 2.24) is 24.4 Å². The van der Waals surface area contributed by atoms with Crippen LogP contribution in [0.1, 0.15) is 25.8 Å². The molecule has 4 heterocycles. The molecular formula is C29H28ClFN6O2. The number of fused-ring (bicyclic) bond motifs is 1. The predicted molar refractivity (Wildman–Crippen MR) is 151 cm³/mol. The van der Waals surface area contributed by atoms with Gasteiger partial charge in [-0.3, -0.25) is 4.79 Å². The Kier molecular flexibility index (Phi) is 7.43. The van der Waals surface area contributed by atoms with E-state index >= 15 is 0 Å². The third-order valence-electron chi connectivity index (χ3n) is 6.91. The van der Waals surface area contributed by atoms with E-state index in [1.54, 1.807) is 35.4 Å². The maximum Gasteiger partial charge on any atom is 0.357 e. The van der Waals surface area contributed by atoms with Gasteiger partial charge >= 0.3 is 5.69 Å². The van der Waals surface area contributed by atoms with E-state index in [9.17, 15) is 14.0 Å². The highest BCUT2D eigenvalue weighted by atomic mass is 35.5. The van der Waals surface area contributed by atoms with Crippen LogP contribution in [0.25, 0.3) is 28.1 Å². The first-order chi connectivity index (χ1) is 18.8. The molecule has 8 nitrogen and oxygen atoms in total. The molecule has 3 aromatic heterocycles. The molecule has 0 aliphatic carbocycles. The number of hydrogen-bond donors (Lipinski definition) is 0. The van der Waals surface area contributed by atoms with Crippen LogP contribution < -0.4 is 10.6 Å². The Hall–Kier alpha value is -4.11. The van der Waals surface area contributed by atoms with Gasteiger partial charge in [0.2, 0.25) is 5.91 Å². The Morgan fingerprint density at radius 3 is 2.69 bits per heavy atom. The van der Waals surface area contributed by atoms with Gasteiger partial charge < -0.3 is 9.80 Å². The molecule has 0 unspecified atom stereocenters. The SMILES string of the molecule is C=CC(=O)N1CCN(c2nc(=O)n(-c3ncccc3CCC)c3nc(-c4ccccc4F)c(Cl)cc23)[C@@H](C)C1. The van der Waals surface area contributed by atoms with Crippen molar-refractivity contribution in [2.75, 3.05) is 24.5 Å². The highest BCUT2D eigenvalue weighted by molar-refractivity contribution is 6.33.